The molecule has 2 aromatic carbocycles. The lowest BCUT2D eigenvalue weighted by molar-refractivity contribution is -0.119. The van der Waals surface area contributed by atoms with Crippen LogP contribution in [-0.2, 0) is 14.8 Å². The van der Waals surface area contributed by atoms with Crippen LogP contribution in [0.15, 0.2) is 47.6 Å². The first-order chi connectivity index (χ1) is 12.2. The Labute approximate surface area is 160 Å². The number of carbonyl (C=O) groups is 1. The number of hydrogen-bond acceptors (Lipinski definition) is 4. The van der Waals surface area contributed by atoms with E-state index < -0.39 is 28.3 Å². The second-order valence-corrected chi connectivity index (χ2v) is 7.93. The second kappa shape index (κ2) is 8.48. The maximum Gasteiger partial charge on any atom is 0.260 e. The molecule has 1 N–H and O–H groups in total. The molecule has 0 aliphatic heterocycles. The number of sulfonamides is 1. The van der Waals surface area contributed by atoms with Gasteiger partial charge in [0.2, 0.25) is 10.0 Å². The number of amides is 1. The molecule has 0 aliphatic carbocycles. The van der Waals surface area contributed by atoms with E-state index >= 15 is 0 Å². The highest BCUT2D eigenvalue weighted by Gasteiger charge is 2.20. The van der Waals surface area contributed by atoms with Crippen molar-refractivity contribution in [3.8, 4) is 0 Å². The SMILES string of the molecule is CS(=O)(=O)N(CC(=O)N/N=C\c1c(F)cccc1Cl)c1cccc(Cl)c1. The lowest BCUT2D eigenvalue weighted by Gasteiger charge is -2.21. The van der Waals surface area contributed by atoms with Crippen molar-refractivity contribution in [1.29, 1.82) is 0 Å². The lowest BCUT2D eigenvalue weighted by atomic mass is 10.2. The average molecular weight is 418 g/mol. The fourth-order valence-corrected chi connectivity index (χ4v) is 3.24. The molecule has 1 amide bonds. The topological polar surface area (TPSA) is 78.8 Å². The fraction of sp³-hybridized carbons (Fsp3) is 0.125. The van der Waals surface area contributed by atoms with E-state index in [4.69, 9.17) is 23.2 Å². The van der Waals surface area contributed by atoms with Crippen molar-refractivity contribution >= 4 is 51.0 Å². The van der Waals surface area contributed by atoms with E-state index in [0.29, 0.717) is 5.02 Å². The van der Waals surface area contributed by atoms with E-state index in [1.54, 1.807) is 12.1 Å². The number of rotatable bonds is 6. The highest BCUT2D eigenvalue weighted by Crippen LogP contribution is 2.21. The van der Waals surface area contributed by atoms with Crippen LogP contribution >= 0.6 is 23.2 Å². The van der Waals surface area contributed by atoms with E-state index in [2.05, 4.69) is 10.5 Å². The van der Waals surface area contributed by atoms with Gasteiger partial charge in [0, 0.05) is 10.6 Å². The number of carbonyl (C=O) groups excluding carboxylic acids is 1. The molecule has 0 saturated carbocycles. The second-order valence-electron chi connectivity index (χ2n) is 5.18. The van der Waals surface area contributed by atoms with Gasteiger partial charge in [0.1, 0.15) is 12.4 Å². The minimum Gasteiger partial charge on any atom is -0.271 e. The maximum absolute atomic E-state index is 13.6. The molecule has 2 rings (SSSR count). The largest absolute Gasteiger partial charge is 0.271 e. The predicted octanol–water partition coefficient (Wildman–Crippen LogP) is 3.05. The Bertz CT molecular complexity index is 931. The highest BCUT2D eigenvalue weighted by molar-refractivity contribution is 7.92. The standard InChI is InChI=1S/C16H14Cl2FN3O3S/c1-26(24,25)22(12-5-2-4-11(17)8-12)10-16(23)21-20-9-13-14(18)6-3-7-15(13)19/h2-9H,10H2,1H3,(H,21,23)/b20-9-. The van der Waals surface area contributed by atoms with Crippen LogP contribution < -0.4 is 9.73 Å². The predicted molar refractivity (Wildman–Crippen MR) is 101 cm³/mol. The lowest BCUT2D eigenvalue weighted by Crippen LogP contribution is -2.39. The number of hydrazone groups is 1. The molecule has 2 aromatic rings. The van der Waals surface area contributed by atoms with Crippen molar-refractivity contribution in [2.75, 3.05) is 17.1 Å². The zero-order valence-corrected chi connectivity index (χ0v) is 15.8. The third kappa shape index (κ3) is 5.42. The van der Waals surface area contributed by atoms with Crippen LogP contribution in [0.3, 0.4) is 0 Å². The van der Waals surface area contributed by atoms with Gasteiger partial charge in [-0.15, -0.1) is 0 Å². The van der Waals surface area contributed by atoms with Crippen molar-refractivity contribution in [3.05, 3.63) is 63.9 Å². The Morgan fingerprint density at radius 1 is 1.27 bits per heavy atom. The van der Waals surface area contributed by atoms with Crippen LogP contribution in [0.1, 0.15) is 5.56 Å². The molecule has 0 atom stereocenters. The quantitative estimate of drug-likeness (QED) is 0.579. The summed E-state index contributed by atoms with van der Waals surface area (Å²) < 4.78 is 38.4. The van der Waals surface area contributed by atoms with Gasteiger partial charge in [-0.2, -0.15) is 5.10 Å². The Morgan fingerprint density at radius 2 is 1.96 bits per heavy atom. The van der Waals surface area contributed by atoms with Crippen LogP contribution in [0.5, 0.6) is 0 Å². The molecule has 0 heterocycles. The summed E-state index contributed by atoms with van der Waals surface area (Å²) in [6.07, 6.45) is 2.00. The normalized spacial score (nSPS) is 11.5. The third-order valence-electron chi connectivity index (χ3n) is 3.17. The van der Waals surface area contributed by atoms with Crippen LogP contribution in [0.4, 0.5) is 10.1 Å². The first-order valence-corrected chi connectivity index (χ1v) is 9.78. The smallest absolute Gasteiger partial charge is 0.260 e. The fourth-order valence-electron chi connectivity index (χ4n) is 2.00. The van der Waals surface area contributed by atoms with Crippen molar-refractivity contribution in [1.82, 2.24) is 5.43 Å². The molecule has 10 heteroatoms. The van der Waals surface area contributed by atoms with Gasteiger partial charge in [-0.1, -0.05) is 35.3 Å². The van der Waals surface area contributed by atoms with Crippen LogP contribution in [0.25, 0.3) is 0 Å². The van der Waals surface area contributed by atoms with Gasteiger partial charge in [-0.05, 0) is 30.3 Å². The zero-order chi connectivity index (χ0) is 19.3. The van der Waals surface area contributed by atoms with Gasteiger partial charge in [-0.25, -0.2) is 18.2 Å². The molecular formula is C16H14Cl2FN3O3S. The summed E-state index contributed by atoms with van der Waals surface area (Å²) in [5.41, 5.74) is 2.38. The molecule has 26 heavy (non-hydrogen) atoms. The molecule has 0 fully saturated rings. The van der Waals surface area contributed by atoms with Gasteiger partial charge >= 0.3 is 0 Å². The molecule has 0 aliphatic rings. The van der Waals surface area contributed by atoms with E-state index in [1.165, 1.54) is 30.3 Å². The van der Waals surface area contributed by atoms with Crippen LogP contribution in [-0.4, -0.2) is 33.3 Å². The summed E-state index contributed by atoms with van der Waals surface area (Å²) >= 11 is 11.7. The van der Waals surface area contributed by atoms with E-state index in [0.717, 1.165) is 16.8 Å². The third-order valence-corrected chi connectivity index (χ3v) is 4.87. The summed E-state index contributed by atoms with van der Waals surface area (Å²) in [6.45, 7) is -0.526. The van der Waals surface area contributed by atoms with Gasteiger partial charge in [-0.3, -0.25) is 9.10 Å². The van der Waals surface area contributed by atoms with Gasteiger partial charge in [0.15, 0.2) is 0 Å². The Kier molecular flexibility index (Phi) is 6.57. The molecular weight excluding hydrogens is 404 g/mol. The number of benzene rings is 2. The van der Waals surface area contributed by atoms with E-state index in [9.17, 15) is 17.6 Å². The minimum absolute atomic E-state index is 0.00396. The Hall–Kier alpha value is -2.16. The molecule has 0 unspecified atom stereocenters. The molecule has 0 spiro atoms. The molecule has 6 nitrogen and oxygen atoms in total. The molecule has 0 radical (unpaired) electrons. The number of anilines is 1. The first-order valence-electron chi connectivity index (χ1n) is 7.17. The minimum atomic E-state index is -3.74. The van der Waals surface area contributed by atoms with Crippen molar-refractivity contribution in [2.45, 2.75) is 0 Å². The summed E-state index contributed by atoms with van der Waals surface area (Å²) in [7, 11) is -3.74. The maximum atomic E-state index is 13.6. The van der Waals surface area contributed by atoms with Gasteiger partial charge in [0.25, 0.3) is 5.91 Å². The summed E-state index contributed by atoms with van der Waals surface area (Å²) in [5, 5.41) is 4.06. The number of halogens is 3. The Morgan fingerprint density at radius 3 is 2.58 bits per heavy atom. The highest BCUT2D eigenvalue weighted by atomic mass is 35.5. The number of nitrogens with zero attached hydrogens (tertiary/aromatic N) is 2. The molecule has 0 saturated heterocycles. The monoisotopic (exact) mass is 417 g/mol. The number of hydrogen-bond donors (Lipinski definition) is 1. The van der Waals surface area contributed by atoms with E-state index in [1.807, 2.05) is 0 Å². The summed E-state index contributed by atoms with van der Waals surface area (Å²) in [6, 6.07) is 10.2. The molecule has 0 bridgehead atoms. The van der Waals surface area contributed by atoms with Crippen molar-refractivity contribution < 1.29 is 17.6 Å². The van der Waals surface area contributed by atoms with Crippen LogP contribution in [0, 0.1) is 5.82 Å². The summed E-state index contributed by atoms with van der Waals surface area (Å²) in [4.78, 5) is 12.0. The van der Waals surface area contributed by atoms with E-state index in [-0.39, 0.29) is 16.3 Å². The molecule has 138 valence electrons. The summed E-state index contributed by atoms with van der Waals surface area (Å²) in [5.74, 6) is -1.33. The molecule has 0 aromatic heterocycles. The average Bonchev–Trinajstić information content (AvgIpc) is 2.54. The van der Waals surface area contributed by atoms with Crippen molar-refractivity contribution in [3.63, 3.8) is 0 Å². The van der Waals surface area contributed by atoms with Crippen LogP contribution in [0.2, 0.25) is 10.0 Å². The Balaban J connectivity index is 2.12. The van der Waals surface area contributed by atoms with Crippen molar-refractivity contribution in [2.24, 2.45) is 5.10 Å². The first kappa shape index (κ1) is 20.2. The zero-order valence-electron chi connectivity index (χ0n) is 13.5. The van der Waals surface area contributed by atoms with Gasteiger partial charge < -0.3 is 0 Å². The number of nitrogens with one attached hydrogen (secondary N) is 1. The van der Waals surface area contributed by atoms with Gasteiger partial charge in [0.05, 0.1) is 23.2 Å².